The Morgan fingerprint density at radius 2 is 2.44 bits per heavy atom. The number of aryl methyl sites for hydroxylation is 1. The Morgan fingerprint density at radius 1 is 1.67 bits per heavy atom. The first kappa shape index (κ1) is 6.70. The van der Waals surface area contributed by atoms with Crippen LogP contribution >= 0.6 is 7.53 Å². The van der Waals surface area contributed by atoms with Crippen LogP contribution in [0.25, 0.3) is 0 Å². The van der Waals surface area contributed by atoms with Crippen molar-refractivity contribution in [3.8, 4) is 0 Å². The van der Waals surface area contributed by atoms with Crippen LogP contribution < -0.4 is 5.73 Å². The smallest absolute Gasteiger partial charge is 0.104 e. The van der Waals surface area contributed by atoms with Crippen molar-refractivity contribution in [2.24, 2.45) is 0 Å². The fourth-order valence-electron chi connectivity index (χ4n) is 0.835. The highest BCUT2D eigenvalue weighted by Gasteiger charge is 1.96. The molecule has 1 aromatic rings. The quantitative estimate of drug-likeness (QED) is 0.601. The molecule has 0 amide bonds. The molecule has 0 fully saturated rings. The second-order valence-electron chi connectivity index (χ2n) is 2.06. The molecule has 0 saturated carbocycles. The van der Waals surface area contributed by atoms with Crippen LogP contribution in [0, 0.1) is 0 Å². The summed E-state index contributed by atoms with van der Waals surface area (Å²) in [6, 6.07) is 3.73. The minimum Gasteiger partial charge on any atom is -0.146 e. The molecule has 9 heavy (non-hydrogen) atoms. The summed E-state index contributed by atoms with van der Waals surface area (Å²) in [5.41, 5.74) is 9.74. The highest BCUT2D eigenvalue weighted by Crippen LogP contribution is 2.38. The summed E-state index contributed by atoms with van der Waals surface area (Å²) in [5, 5.41) is 0. The maximum atomic E-state index is 9.15. The largest absolute Gasteiger partial charge is 0.146 e. The van der Waals surface area contributed by atoms with Crippen molar-refractivity contribution in [1.82, 2.24) is 5.73 Å². The third-order valence-corrected chi connectivity index (χ3v) is 3.47. The number of hydrogen-bond donors (Lipinski definition) is 0. The molecule has 0 aliphatic heterocycles. The molecule has 0 aromatic carbocycles. The van der Waals surface area contributed by atoms with E-state index in [1.54, 1.807) is 6.07 Å². The SMILES string of the molecule is CCCp1cccc1[N]. The number of hydrogen-bond acceptors (Lipinski definition) is 0. The van der Waals surface area contributed by atoms with E-state index in [1.807, 2.05) is 6.07 Å². The minimum atomic E-state index is -0.270. The first-order valence-corrected chi connectivity index (χ1v) is 4.78. The topological polar surface area (TPSA) is 22.3 Å². The van der Waals surface area contributed by atoms with Gasteiger partial charge in [0.05, 0.1) is 0 Å². The number of nitrogens with zero attached hydrogens (tertiary/aromatic N) is 1. The molecule has 2 radical (unpaired) electrons. The van der Waals surface area contributed by atoms with Crippen molar-refractivity contribution in [2.45, 2.75) is 19.5 Å². The molecule has 2 heteroatoms. The van der Waals surface area contributed by atoms with E-state index in [0.29, 0.717) is 5.42 Å². The Kier molecular flexibility index (Phi) is 2.18. The highest BCUT2D eigenvalue weighted by atomic mass is 31.1. The molecule has 1 heterocycles. The molecule has 1 nitrogen and oxygen atoms in total. The highest BCUT2D eigenvalue weighted by molar-refractivity contribution is 7.51. The lowest BCUT2D eigenvalue weighted by atomic mass is 10.6. The third kappa shape index (κ3) is 1.49. The van der Waals surface area contributed by atoms with Crippen molar-refractivity contribution in [2.75, 3.05) is 0 Å². The molecule has 0 aliphatic carbocycles. The lowest BCUT2D eigenvalue weighted by Gasteiger charge is -1.92. The maximum Gasteiger partial charge on any atom is 0.104 e. The van der Waals surface area contributed by atoms with Crippen LogP contribution in [0.3, 0.4) is 0 Å². The predicted molar refractivity (Wildman–Crippen MR) is 41.2 cm³/mol. The molecular weight excluding hydrogens is 129 g/mol. The van der Waals surface area contributed by atoms with Gasteiger partial charge in [-0.1, -0.05) is 20.5 Å². The second-order valence-corrected chi connectivity index (χ2v) is 4.20. The van der Waals surface area contributed by atoms with Crippen LogP contribution in [0.1, 0.15) is 13.3 Å². The summed E-state index contributed by atoms with van der Waals surface area (Å²) < 4.78 is 0. The normalized spacial score (nSPS) is 11.9. The van der Waals surface area contributed by atoms with E-state index in [2.05, 4.69) is 12.7 Å². The minimum absolute atomic E-state index is 0.270. The van der Waals surface area contributed by atoms with Crippen LogP contribution in [-0.2, 0) is 6.16 Å². The van der Waals surface area contributed by atoms with E-state index in [-0.39, 0.29) is 7.53 Å². The molecule has 0 bridgehead atoms. The van der Waals surface area contributed by atoms with E-state index in [9.17, 15) is 0 Å². The van der Waals surface area contributed by atoms with Gasteiger partial charge in [-0.25, -0.2) is 0 Å². The Hall–Kier alpha value is -0.420. The Morgan fingerprint density at radius 3 is 2.89 bits per heavy atom. The van der Waals surface area contributed by atoms with Crippen LogP contribution in [0.2, 0.25) is 0 Å². The fraction of sp³-hybridized carbons (Fsp3) is 0.429. The van der Waals surface area contributed by atoms with Crippen LogP contribution in [-0.4, -0.2) is 0 Å². The van der Waals surface area contributed by atoms with Crippen LogP contribution in [0.5, 0.6) is 0 Å². The van der Waals surface area contributed by atoms with Gasteiger partial charge in [0.15, 0.2) is 0 Å². The van der Waals surface area contributed by atoms with Crippen LogP contribution in [0.4, 0.5) is 5.42 Å². The molecule has 1 aromatic heterocycles. The molecule has 0 aliphatic rings. The van der Waals surface area contributed by atoms with Crippen LogP contribution in [0.15, 0.2) is 17.9 Å². The zero-order valence-corrected chi connectivity index (χ0v) is 6.44. The van der Waals surface area contributed by atoms with Gasteiger partial charge >= 0.3 is 0 Å². The van der Waals surface area contributed by atoms with Gasteiger partial charge < -0.3 is 0 Å². The van der Waals surface area contributed by atoms with Gasteiger partial charge in [0.25, 0.3) is 0 Å². The lowest BCUT2D eigenvalue weighted by Crippen LogP contribution is -1.63. The van der Waals surface area contributed by atoms with Gasteiger partial charge in [-0.05, 0) is 24.4 Å². The van der Waals surface area contributed by atoms with Crippen molar-refractivity contribution in [3.63, 3.8) is 0 Å². The molecule has 0 spiro atoms. The van der Waals surface area contributed by atoms with Gasteiger partial charge in [0, 0.05) is 0 Å². The van der Waals surface area contributed by atoms with Crippen molar-refractivity contribution < 1.29 is 0 Å². The molecule has 0 saturated heterocycles. The Bertz CT molecular complexity index is 181. The second kappa shape index (κ2) is 2.93. The summed E-state index contributed by atoms with van der Waals surface area (Å²) in [7, 11) is -0.270. The molecule has 48 valence electrons. The first-order chi connectivity index (χ1) is 4.34. The predicted octanol–water partition coefficient (Wildman–Crippen LogP) is 2.78. The van der Waals surface area contributed by atoms with Gasteiger partial charge in [-0.15, -0.1) is 5.73 Å². The number of rotatable bonds is 2. The summed E-state index contributed by atoms with van der Waals surface area (Å²) in [6.45, 7) is 2.14. The molecule has 0 N–H and O–H groups in total. The Labute approximate surface area is 56.9 Å². The monoisotopic (exact) mass is 139 g/mol. The summed E-state index contributed by atoms with van der Waals surface area (Å²) >= 11 is 0. The first-order valence-electron chi connectivity index (χ1n) is 3.18. The van der Waals surface area contributed by atoms with E-state index in [0.717, 1.165) is 12.6 Å². The van der Waals surface area contributed by atoms with E-state index >= 15 is 0 Å². The van der Waals surface area contributed by atoms with E-state index < -0.39 is 0 Å². The fourth-order valence-corrected chi connectivity index (χ4v) is 2.42. The van der Waals surface area contributed by atoms with Crippen molar-refractivity contribution in [1.29, 1.82) is 0 Å². The zero-order valence-electron chi connectivity index (χ0n) is 5.54. The molecule has 1 rings (SSSR count). The summed E-state index contributed by atoms with van der Waals surface area (Å²) in [5.74, 6) is 2.11. The standard InChI is InChI=1S/C7H10NP/c1-2-5-9-6-3-4-7(9)8/h3-4,6H,2,5H2,1H3. The summed E-state index contributed by atoms with van der Waals surface area (Å²) in [4.78, 5) is 0. The summed E-state index contributed by atoms with van der Waals surface area (Å²) in [6.07, 6.45) is 2.29. The van der Waals surface area contributed by atoms with Crippen molar-refractivity contribution in [3.05, 3.63) is 17.9 Å². The molecule has 1 unspecified atom stereocenters. The average Bonchev–Trinajstić information content (AvgIpc) is 2.18. The van der Waals surface area contributed by atoms with Gasteiger partial charge in [-0.2, -0.15) is 0 Å². The van der Waals surface area contributed by atoms with Gasteiger partial charge in [0.1, 0.15) is 5.42 Å². The zero-order chi connectivity index (χ0) is 6.69. The average molecular weight is 139 g/mol. The lowest BCUT2D eigenvalue weighted by molar-refractivity contribution is 1.03. The van der Waals surface area contributed by atoms with Gasteiger partial charge in [-0.3, -0.25) is 0 Å². The molecular formula is C7H10NP. The van der Waals surface area contributed by atoms with Crippen molar-refractivity contribution >= 4 is 13.0 Å². The Balaban J connectivity index is 2.69. The third-order valence-electron chi connectivity index (χ3n) is 1.27. The molecule has 1 atom stereocenters. The van der Waals surface area contributed by atoms with Gasteiger partial charge in [0.2, 0.25) is 0 Å². The maximum absolute atomic E-state index is 9.15. The van der Waals surface area contributed by atoms with E-state index in [1.165, 1.54) is 0 Å². The van der Waals surface area contributed by atoms with E-state index in [4.69, 9.17) is 5.73 Å².